The Morgan fingerprint density at radius 1 is 1.29 bits per heavy atom. The van der Waals surface area contributed by atoms with Gasteiger partial charge in [0.15, 0.2) is 0 Å². The third-order valence-electron chi connectivity index (χ3n) is 3.21. The van der Waals surface area contributed by atoms with Gasteiger partial charge in [0.2, 0.25) is 0 Å². The number of fused-ring (bicyclic) bond motifs is 1. The smallest absolute Gasteiger partial charge is 0.110 e. The van der Waals surface area contributed by atoms with Crippen LogP contribution in [0.1, 0.15) is 33.0 Å². The molecule has 0 unspecified atom stereocenters. The fourth-order valence-corrected chi connectivity index (χ4v) is 2.23. The molecule has 17 heavy (non-hydrogen) atoms. The summed E-state index contributed by atoms with van der Waals surface area (Å²) in [4.78, 5) is 4.72. The number of aromatic nitrogens is 2. The fraction of sp³-hybridized carbons (Fsp3) is 0.500. The first kappa shape index (κ1) is 12.1. The monoisotopic (exact) mass is 231 g/mol. The largest absolute Gasteiger partial charge is 0.328 e. The van der Waals surface area contributed by atoms with E-state index in [1.807, 2.05) is 6.07 Å². The van der Waals surface area contributed by atoms with Crippen LogP contribution >= 0.6 is 0 Å². The zero-order valence-corrected chi connectivity index (χ0v) is 10.9. The Morgan fingerprint density at radius 2 is 2.00 bits per heavy atom. The van der Waals surface area contributed by atoms with E-state index < -0.39 is 0 Å². The van der Waals surface area contributed by atoms with Gasteiger partial charge in [-0.3, -0.25) is 0 Å². The van der Waals surface area contributed by atoms with Gasteiger partial charge in [0, 0.05) is 13.0 Å². The van der Waals surface area contributed by atoms with E-state index in [-0.39, 0.29) is 5.54 Å². The summed E-state index contributed by atoms with van der Waals surface area (Å²) in [5.74, 6) is 1.14. The Balaban J connectivity index is 2.68. The SMILES string of the molecule is CCCc1nc2ccccc2n1C(C)(C)CN. The van der Waals surface area contributed by atoms with Gasteiger partial charge in [-0.15, -0.1) is 0 Å². The molecule has 0 fully saturated rings. The van der Waals surface area contributed by atoms with Crippen molar-refractivity contribution in [3.8, 4) is 0 Å². The molecule has 92 valence electrons. The van der Waals surface area contributed by atoms with E-state index in [0.29, 0.717) is 6.54 Å². The molecular formula is C14H21N3. The van der Waals surface area contributed by atoms with Crippen LogP contribution in [-0.2, 0) is 12.0 Å². The molecule has 0 aliphatic heterocycles. The Labute approximate surface area is 103 Å². The third-order valence-corrected chi connectivity index (χ3v) is 3.21. The summed E-state index contributed by atoms with van der Waals surface area (Å²) in [6.07, 6.45) is 2.10. The summed E-state index contributed by atoms with van der Waals surface area (Å²) < 4.78 is 2.30. The highest BCUT2D eigenvalue weighted by molar-refractivity contribution is 5.76. The zero-order chi connectivity index (χ0) is 12.5. The molecule has 2 rings (SSSR count). The number of rotatable bonds is 4. The second-order valence-corrected chi connectivity index (χ2v) is 5.12. The van der Waals surface area contributed by atoms with Crippen LogP contribution in [0.5, 0.6) is 0 Å². The van der Waals surface area contributed by atoms with Crippen LogP contribution < -0.4 is 5.73 Å². The van der Waals surface area contributed by atoms with E-state index in [9.17, 15) is 0 Å². The molecule has 1 aromatic heterocycles. The highest BCUT2D eigenvalue weighted by Crippen LogP contribution is 2.25. The van der Waals surface area contributed by atoms with Gasteiger partial charge in [-0.05, 0) is 32.4 Å². The minimum atomic E-state index is -0.0827. The lowest BCUT2D eigenvalue weighted by molar-refractivity contribution is 0.364. The van der Waals surface area contributed by atoms with Gasteiger partial charge in [-0.1, -0.05) is 19.1 Å². The average Bonchev–Trinajstić information content (AvgIpc) is 2.68. The maximum Gasteiger partial charge on any atom is 0.110 e. The van der Waals surface area contributed by atoms with Gasteiger partial charge in [-0.25, -0.2) is 4.98 Å². The molecule has 0 amide bonds. The molecule has 0 atom stereocenters. The van der Waals surface area contributed by atoms with E-state index in [1.54, 1.807) is 0 Å². The standard InChI is InChI=1S/C14H21N3/c1-4-7-13-16-11-8-5-6-9-12(11)17(13)14(2,3)10-15/h5-6,8-9H,4,7,10,15H2,1-3H3. The molecule has 0 saturated carbocycles. The number of nitrogens with two attached hydrogens (primary N) is 1. The summed E-state index contributed by atoms with van der Waals surface area (Å²) in [7, 11) is 0. The first-order valence-corrected chi connectivity index (χ1v) is 6.27. The molecule has 0 saturated heterocycles. The summed E-state index contributed by atoms with van der Waals surface area (Å²) in [6.45, 7) is 7.13. The fourth-order valence-electron chi connectivity index (χ4n) is 2.23. The van der Waals surface area contributed by atoms with E-state index >= 15 is 0 Å². The van der Waals surface area contributed by atoms with Crippen LogP contribution in [0.15, 0.2) is 24.3 Å². The molecule has 1 aromatic carbocycles. The van der Waals surface area contributed by atoms with E-state index in [1.165, 1.54) is 5.52 Å². The molecule has 3 nitrogen and oxygen atoms in total. The van der Waals surface area contributed by atoms with Crippen molar-refractivity contribution in [3.63, 3.8) is 0 Å². The van der Waals surface area contributed by atoms with Gasteiger partial charge >= 0.3 is 0 Å². The van der Waals surface area contributed by atoms with Gasteiger partial charge in [0.25, 0.3) is 0 Å². The minimum Gasteiger partial charge on any atom is -0.328 e. The molecule has 0 spiro atoms. The average molecular weight is 231 g/mol. The Morgan fingerprint density at radius 3 is 2.65 bits per heavy atom. The second-order valence-electron chi connectivity index (χ2n) is 5.12. The number of imidazole rings is 1. The van der Waals surface area contributed by atoms with Crippen LogP contribution in [0.3, 0.4) is 0 Å². The van der Waals surface area contributed by atoms with Crippen LogP contribution in [0, 0.1) is 0 Å². The molecular weight excluding hydrogens is 210 g/mol. The number of hydrogen-bond donors (Lipinski definition) is 1. The molecule has 0 bridgehead atoms. The Hall–Kier alpha value is -1.35. The summed E-state index contributed by atoms with van der Waals surface area (Å²) in [5, 5.41) is 0. The number of para-hydroxylation sites is 2. The van der Waals surface area contributed by atoms with Crippen molar-refractivity contribution in [1.82, 2.24) is 9.55 Å². The highest BCUT2D eigenvalue weighted by Gasteiger charge is 2.23. The maximum absolute atomic E-state index is 5.90. The van der Waals surface area contributed by atoms with E-state index in [2.05, 4.69) is 43.5 Å². The van der Waals surface area contributed by atoms with Crippen molar-refractivity contribution in [1.29, 1.82) is 0 Å². The molecule has 0 aliphatic rings. The quantitative estimate of drug-likeness (QED) is 0.879. The number of nitrogens with zero attached hydrogens (tertiary/aromatic N) is 2. The normalized spacial score (nSPS) is 12.2. The van der Waals surface area contributed by atoms with Crippen molar-refractivity contribution in [2.24, 2.45) is 5.73 Å². The minimum absolute atomic E-state index is 0.0827. The van der Waals surface area contributed by atoms with Crippen LogP contribution in [0.25, 0.3) is 11.0 Å². The van der Waals surface area contributed by atoms with Gasteiger partial charge in [0.1, 0.15) is 5.82 Å². The van der Waals surface area contributed by atoms with E-state index in [0.717, 1.165) is 24.2 Å². The summed E-state index contributed by atoms with van der Waals surface area (Å²) >= 11 is 0. The summed E-state index contributed by atoms with van der Waals surface area (Å²) in [6, 6.07) is 8.28. The van der Waals surface area contributed by atoms with Crippen molar-refractivity contribution in [2.45, 2.75) is 39.2 Å². The van der Waals surface area contributed by atoms with Crippen LogP contribution in [-0.4, -0.2) is 16.1 Å². The molecule has 2 aromatic rings. The van der Waals surface area contributed by atoms with Crippen molar-refractivity contribution in [2.75, 3.05) is 6.54 Å². The van der Waals surface area contributed by atoms with Crippen LogP contribution in [0.2, 0.25) is 0 Å². The summed E-state index contributed by atoms with van der Waals surface area (Å²) in [5.41, 5.74) is 8.08. The topological polar surface area (TPSA) is 43.8 Å². The van der Waals surface area contributed by atoms with Gasteiger partial charge < -0.3 is 10.3 Å². The number of hydrogen-bond acceptors (Lipinski definition) is 2. The first-order chi connectivity index (χ1) is 8.10. The van der Waals surface area contributed by atoms with E-state index in [4.69, 9.17) is 10.7 Å². The third kappa shape index (κ3) is 2.07. The second kappa shape index (κ2) is 4.49. The van der Waals surface area contributed by atoms with Gasteiger partial charge in [0.05, 0.1) is 16.6 Å². The Kier molecular flexibility index (Phi) is 3.20. The molecule has 0 aliphatic carbocycles. The van der Waals surface area contributed by atoms with Crippen molar-refractivity contribution < 1.29 is 0 Å². The first-order valence-electron chi connectivity index (χ1n) is 6.27. The van der Waals surface area contributed by atoms with Gasteiger partial charge in [-0.2, -0.15) is 0 Å². The molecule has 3 heteroatoms. The lowest BCUT2D eigenvalue weighted by Crippen LogP contribution is -2.36. The number of benzene rings is 1. The lowest BCUT2D eigenvalue weighted by atomic mass is 10.0. The van der Waals surface area contributed by atoms with Crippen molar-refractivity contribution in [3.05, 3.63) is 30.1 Å². The molecule has 0 radical (unpaired) electrons. The molecule has 1 heterocycles. The highest BCUT2D eigenvalue weighted by atomic mass is 15.1. The maximum atomic E-state index is 5.90. The van der Waals surface area contributed by atoms with Crippen molar-refractivity contribution >= 4 is 11.0 Å². The zero-order valence-electron chi connectivity index (χ0n) is 10.9. The predicted octanol–water partition coefficient (Wildman–Crippen LogP) is 2.68. The number of aryl methyl sites for hydroxylation is 1. The van der Waals surface area contributed by atoms with Crippen LogP contribution in [0.4, 0.5) is 0 Å². The Bertz CT molecular complexity index is 511. The predicted molar refractivity (Wildman–Crippen MR) is 72.1 cm³/mol. The lowest BCUT2D eigenvalue weighted by Gasteiger charge is -2.27. The molecule has 2 N–H and O–H groups in total.